The first-order valence-electron chi connectivity index (χ1n) is 8.46. The second-order valence-electron chi connectivity index (χ2n) is 6.60. The maximum absolute atomic E-state index is 4.60. The number of hydrogen-bond acceptors (Lipinski definition) is 2. The average Bonchev–Trinajstić information content (AvgIpc) is 3.06. The molecule has 25 heavy (non-hydrogen) atoms. The number of imidazole rings is 1. The lowest BCUT2D eigenvalue weighted by Crippen LogP contribution is -1.92. The monoisotopic (exact) mass is 326 g/mol. The Morgan fingerprint density at radius 2 is 1.64 bits per heavy atom. The molecular weight excluding hydrogens is 306 g/mol. The summed E-state index contributed by atoms with van der Waals surface area (Å²) >= 11 is 0. The third-order valence-electron chi connectivity index (χ3n) is 4.33. The SMILES string of the molecule is C[C](C)Cc1ccc(-c2cnc3cc(-c4ccncc4)ccn23)cc1. The van der Waals surface area contributed by atoms with E-state index in [0.29, 0.717) is 0 Å². The molecule has 0 atom stereocenters. The van der Waals surface area contributed by atoms with E-state index in [2.05, 4.69) is 70.8 Å². The van der Waals surface area contributed by atoms with Crippen molar-refractivity contribution < 1.29 is 0 Å². The van der Waals surface area contributed by atoms with Gasteiger partial charge in [-0.1, -0.05) is 38.1 Å². The van der Waals surface area contributed by atoms with Gasteiger partial charge in [0, 0.05) is 24.2 Å². The summed E-state index contributed by atoms with van der Waals surface area (Å²) in [5.74, 6) is 1.42. The van der Waals surface area contributed by atoms with Gasteiger partial charge in [-0.15, -0.1) is 0 Å². The smallest absolute Gasteiger partial charge is 0.137 e. The molecular formula is C22H20N3. The van der Waals surface area contributed by atoms with Crippen molar-refractivity contribution in [3.05, 3.63) is 84.8 Å². The molecule has 3 heterocycles. The summed E-state index contributed by atoms with van der Waals surface area (Å²) in [6.45, 7) is 4.33. The number of rotatable bonds is 4. The zero-order chi connectivity index (χ0) is 17.2. The molecule has 3 nitrogen and oxygen atoms in total. The van der Waals surface area contributed by atoms with E-state index in [0.717, 1.165) is 28.9 Å². The van der Waals surface area contributed by atoms with Crippen LogP contribution in [0.25, 0.3) is 28.0 Å². The highest BCUT2D eigenvalue weighted by molar-refractivity contribution is 5.70. The molecule has 123 valence electrons. The van der Waals surface area contributed by atoms with Crippen molar-refractivity contribution in [2.24, 2.45) is 0 Å². The maximum atomic E-state index is 4.60. The average molecular weight is 326 g/mol. The molecule has 4 aromatic rings. The molecule has 0 amide bonds. The number of hydrogen-bond donors (Lipinski definition) is 0. The molecule has 3 aromatic heterocycles. The first-order chi connectivity index (χ1) is 12.2. The zero-order valence-corrected chi connectivity index (χ0v) is 14.5. The minimum Gasteiger partial charge on any atom is -0.300 e. The zero-order valence-electron chi connectivity index (χ0n) is 14.5. The van der Waals surface area contributed by atoms with Crippen LogP contribution in [0.2, 0.25) is 0 Å². The molecule has 0 aliphatic heterocycles. The van der Waals surface area contributed by atoms with Gasteiger partial charge < -0.3 is 0 Å². The lowest BCUT2D eigenvalue weighted by molar-refractivity contribution is 0.957. The third kappa shape index (κ3) is 3.18. The molecule has 0 saturated heterocycles. The van der Waals surface area contributed by atoms with E-state index >= 15 is 0 Å². The fourth-order valence-electron chi connectivity index (χ4n) is 3.12. The molecule has 0 saturated carbocycles. The number of benzene rings is 1. The van der Waals surface area contributed by atoms with Crippen LogP contribution in [0.5, 0.6) is 0 Å². The second kappa shape index (κ2) is 6.52. The van der Waals surface area contributed by atoms with Gasteiger partial charge in [0.25, 0.3) is 0 Å². The van der Waals surface area contributed by atoms with Crippen LogP contribution in [-0.2, 0) is 6.42 Å². The minimum absolute atomic E-state index is 0.950. The summed E-state index contributed by atoms with van der Waals surface area (Å²) < 4.78 is 2.14. The van der Waals surface area contributed by atoms with Gasteiger partial charge in [0.05, 0.1) is 11.9 Å². The first kappa shape index (κ1) is 15.6. The molecule has 3 heteroatoms. The van der Waals surface area contributed by atoms with Crippen LogP contribution in [0.15, 0.2) is 73.3 Å². The van der Waals surface area contributed by atoms with Crippen molar-refractivity contribution in [1.29, 1.82) is 0 Å². The molecule has 0 fully saturated rings. The van der Waals surface area contributed by atoms with E-state index in [1.54, 1.807) is 0 Å². The van der Waals surface area contributed by atoms with Gasteiger partial charge in [-0.3, -0.25) is 9.38 Å². The van der Waals surface area contributed by atoms with E-state index in [-0.39, 0.29) is 0 Å². The fourth-order valence-corrected chi connectivity index (χ4v) is 3.12. The van der Waals surface area contributed by atoms with Crippen molar-refractivity contribution in [2.75, 3.05) is 0 Å². The predicted octanol–water partition coefficient (Wildman–Crippen LogP) is 5.22. The van der Waals surface area contributed by atoms with Crippen molar-refractivity contribution in [2.45, 2.75) is 20.3 Å². The molecule has 0 aliphatic carbocycles. The minimum atomic E-state index is 0.950. The van der Waals surface area contributed by atoms with Crippen LogP contribution >= 0.6 is 0 Å². The highest BCUT2D eigenvalue weighted by atomic mass is 15.0. The van der Waals surface area contributed by atoms with Crippen molar-refractivity contribution in [3.8, 4) is 22.4 Å². The number of fused-ring (bicyclic) bond motifs is 1. The molecule has 0 N–H and O–H groups in total. The lowest BCUT2D eigenvalue weighted by atomic mass is 10.0. The van der Waals surface area contributed by atoms with Crippen molar-refractivity contribution in [1.82, 2.24) is 14.4 Å². The molecule has 0 aliphatic rings. The molecule has 1 radical (unpaired) electrons. The molecule has 4 rings (SSSR count). The molecule has 1 aromatic carbocycles. The summed E-state index contributed by atoms with van der Waals surface area (Å²) in [7, 11) is 0. The summed E-state index contributed by atoms with van der Waals surface area (Å²) in [4.78, 5) is 8.67. The van der Waals surface area contributed by atoms with Gasteiger partial charge in [0.2, 0.25) is 0 Å². The van der Waals surface area contributed by atoms with Crippen LogP contribution in [0, 0.1) is 5.92 Å². The first-order valence-corrected chi connectivity index (χ1v) is 8.46. The summed E-state index contributed by atoms with van der Waals surface area (Å²) in [5.41, 5.74) is 6.89. The van der Waals surface area contributed by atoms with Crippen LogP contribution in [-0.4, -0.2) is 14.4 Å². The molecule has 0 unspecified atom stereocenters. The Morgan fingerprint density at radius 1 is 0.880 bits per heavy atom. The van der Waals surface area contributed by atoms with E-state index in [9.17, 15) is 0 Å². The van der Waals surface area contributed by atoms with Crippen LogP contribution < -0.4 is 0 Å². The van der Waals surface area contributed by atoms with Crippen LogP contribution in [0.1, 0.15) is 19.4 Å². The fraction of sp³-hybridized carbons (Fsp3) is 0.136. The number of aromatic nitrogens is 3. The van der Waals surface area contributed by atoms with E-state index < -0.39 is 0 Å². The Bertz CT molecular complexity index is 983. The highest BCUT2D eigenvalue weighted by Crippen LogP contribution is 2.25. The quantitative estimate of drug-likeness (QED) is 0.514. The van der Waals surface area contributed by atoms with Gasteiger partial charge in [0.1, 0.15) is 5.65 Å². The molecule has 0 spiro atoms. The van der Waals surface area contributed by atoms with E-state index in [1.165, 1.54) is 17.0 Å². The van der Waals surface area contributed by atoms with Crippen LogP contribution in [0.3, 0.4) is 0 Å². The third-order valence-corrected chi connectivity index (χ3v) is 4.33. The van der Waals surface area contributed by atoms with Gasteiger partial charge in [-0.05, 0) is 53.3 Å². The number of pyridine rings is 2. The Morgan fingerprint density at radius 3 is 2.36 bits per heavy atom. The Labute approximate surface area is 148 Å². The second-order valence-corrected chi connectivity index (χ2v) is 6.60. The summed E-state index contributed by atoms with van der Waals surface area (Å²) in [6.07, 6.45) is 8.69. The van der Waals surface area contributed by atoms with Gasteiger partial charge in [-0.2, -0.15) is 0 Å². The van der Waals surface area contributed by atoms with E-state index in [1.807, 2.05) is 30.7 Å². The Balaban J connectivity index is 1.69. The standard InChI is InChI=1S/C22H20N3/c1-16(2)13-17-3-5-19(6-4-17)21-15-24-22-14-20(9-12-25(21)22)18-7-10-23-11-8-18/h3-12,14-15H,13H2,1-2H3. The lowest BCUT2D eigenvalue weighted by Gasteiger charge is -2.07. The number of nitrogens with zero attached hydrogens (tertiary/aromatic N) is 3. The Hall–Kier alpha value is -2.94. The van der Waals surface area contributed by atoms with Crippen molar-refractivity contribution >= 4 is 5.65 Å². The van der Waals surface area contributed by atoms with Gasteiger partial charge in [0.15, 0.2) is 0 Å². The summed E-state index contributed by atoms with van der Waals surface area (Å²) in [6, 6.07) is 17.0. The van der Waals surface area contributed by atoms with E-state index in [4.69, 9.17) is 0 Å². The van der Waals surface area contributed by atoms with Gasteiger partial charge >= 0.3 is 0 Å². The van der Waals surface area contributed by atoms with Gasteiger partial charge in [-0.25, -0.2) is 4.98 Å². The van der Waals surface area contributed by atoms with Crippen LogP contribution in [0.4, 0.5) is 0 Å². The van der Waals surface area contributed by atoms with Crippen molar-refractivity contribution in [3.63, 3.8) is 0 Å². The highest BCUT2D eigenvalue weighted by Gasteiger charge is 2.08. The predicted molar refractivity (Wildman–Crippen MR) is 102 cm³/mol. The topological polar surface area (TPSA) is 30.2 Å². The Kier molecular flexibility index (Phi) is 4.06. The molecule has 0 bridgehead atoms. The maximum Gasteiger partial charge on any atom is 0.137 e. The summed E-state index contributed by atoms with van der Waals surface area (Å²) in [5, 5.41) is 0. The normalized spacial score (nSPS) is 11.3. The largest absolute Gasteiger partial charge is 0.300 e.